The first-order chi connectivity index (χ1) is 10.0. The summed E-state index contributed by atoms with van der Waals surface area (Å²) in [7, 11) is 1.79. The molecular weight excluding hydrogens is 274 g/mol. The van der Waals surface area contributed by atoms with Gasteiger partial charge in [-0.25, -0.2) is 0 Å². The molecule has 0 aliphatic rings. The molecule has 8 nitrogen and oxygen atoms in total. The van der Waals surface area contributed by atoms with Crippen LogP contribution in [0.25, 0.3) is 22.8 Å². The van der Waals surface area contributed by atoms with Gasteiger partial charge in [-0.2, -0.15) is 10.1 Å². The Hall–Kier alpha value is -3.03. The lowest BCUT2D eigenvalue weighted by molar-refractivity contribution is -0.385. The van der Waals surface area contributed by atoms with E-state index in [1.54, 1.807) is 43.2 Å². The van der Waals surface area contributed by atoms with E-state index in [1.165, 1.54) is 6.07 Å². The Labute approximate surface area is 119 Å². The zero-order chi connectivity index (χ0) is 15.0. The van der Waals surface area contributed by atoms with Crippen molar-refractivity contribution in [1.29, 1.82) is 0 Å². The first-order valence-corrected chi connectivity index (χ1v) is 6.13. The van der Waals surface area contributed by atoms with Crippen molar-refractivity contribution in [2.75, 3.05) is 0 Å². The van der Waals surface area contributed by atoms with E-state index in [1.807, 2.05) is 0 Å². The highest BCUT2D eigenvalue weighted by Crippen LogP contribution is 2.27. The van der Waals surface area contributed by atoms with E-state index in [0.29, 0.717) is 22.5 Å². The quantitative estimate of drug-likeness (QED) is 0.541. The second-order valence-corrected chi connectivity index (χ2v) is 4.58. The van der Waals surface area contributed by atoms with Gasteiger partial charge in [0.2, 0.25) is 5.82 Å². The average Bonchev–Trinajstić information content (AvgIpc) is 3.07. The van der Waals surface area contributed by atoms with Crippen molar-refractivity contribution < 1.29 is 9.45 Å². The third kappa shape index (κ3) is 2.38. The summed E-state index contributed by atoms with van der Waals surface area (Å²) in [5, 5.41) is 18.9. The second-order valence-electron chi connectivity index (χ2n) is 4.58. The standard InChI is InChI=1S/C13H11N5O3/c1-8-3-4-9(5-11(8)18(19)20)13-15-12(16-21-13)10-6-14-17(2)7-10/h3-7H,1-2H3. The lowest BCUT2D eigenvalue weighted by Crippen LogP contribution is -1.92. The third-order valence-corrected chi connectivity index (χ3v) is 3.04. The number of aromatic nitrogens is 4. The summed E-state index contributed by atoms with van der Waals surface area (Å²) in [6, 6.07) is 4.79. The zero-order valence-electron chi connectivity index (χ0n) is 11.3. The monoisotopic (exact) mass is 285 g/mol. The third-order valence-electron chi connectivity index (χ3n) is 3.04. The van der Waals surface area contributed by atoms with Crippen molar-refractivity contribution in [3.63, 3.8) is 0 Å². The Morgan fingerprint density at radius 3 is 2.81 bits per heavy atom. The van der Waals surface area contributed by atoms with Gasteiger partial charge in [-0.15, -0.1) is 0 Å². The molecule has 0 radical (unpaired) electrons. The molecule has 0 spiro atoms. The maximum absolute atomic E-state index is 11.0. The minimum Gasteiger partial charge on any atom is -0.334 e. The summed E-state index contributed by atoms with van der Waals surface area (Å²) in [4.78, 5) is 14.8. The molecule has 3 rings (SSSR count). The highest BCUT2D eigenvalue weighted by atomic mass is 16.6. The predicted octanol–water partition coefficient (Wildman–Crippen LogP) is 2.35. The first-order valence-electron chi connectivity index (χ1n) is 6.13. The molecule has 0 N–H and O–H groups in total. The van der Waals surface area contributed by atoms with Crippen molar-refractivity contribution in [3.8, 4) is 22.8 Å². The summed E-state index contributed by atoms with van der Waals surface area (Å²) in [5.41, 5.74) is 1.83. The molecule has 21 heavy (non-hydrogen) atoms. The van der Waals surface area contributed by atoms with Crippen LogP contribution in [0.2, 0.25) is 0 Å². The number of hydrogen-bond donors (Lipinski definition) is 0. The van der Waals surface area contributed by atoms with E-state index in [2.05, 4.69) is 15.2 Å². The summed E-state index contributed by atoms with van der Waals surface area (Å²) in [6.07, 6.45) is 3.37. The minimum atomic E-state index is -0.433. The molecule has 8 heteroatoms. The topological polar surface area (TPSA) is 99.9 Å². The Morgan fingerprint density at radius 2 is 2.14 bits per heavy atom. The van der Waals surface area contributed by atoms with Gasteiger partial charge in [-0.1, -0.05) is 11.2 Å². The molecule has 2 heterocycles. The van der Waals surface area contributed by atoms with E-state index in [4.69, 9.17) is 4.52 Å². The van der Waals surface area contributed by atoms with Crippen molar-refractivity contribution in [2.45, 2.75) is 6.92 Å². The van der Waals surface area contributed by atoms with Crippen molar-refractivity contribution in [2.24, 2.45) is 7.05 Å². The molecule has 0 saturated carbocycles. The fourth-order valence-corrected chi connectivity index (χ4v) is 1.93. The summed E-state index contributed by atoms with van der Waals surface area (Å²) >= 11 is 0. The van der Waals surface area contributed by atoms with E-state index in [0.717, 1.165) is 0 Å². The number of benzene rings is 1. The Bertz CT molecular complexity index is 821. The van der Waals surface area contributed by atoms with Crippen LogP contribution in [0, 0.1) is 17.0 Å². The number of rotatable bonds is 3. The van der Waals surface area contributed by atoms with Crippen LogP contribution in [0.3, 0.4) is 0 Å². The molecule has 0 amide bonds. The number of aryl methyl sites for hydroxylation is 2. The largest absolute Gasteiger partial charge is 0.334 e. The second kappa shape index (κ2) is 4.82. The van der Waals surface area contributed by atoms with Crippen LogP contribution < -0.4 is 0 Å². The van der Waals surface area contributed by atoms with E-state index in [9.17, 15) is 10.1 Å². The fraction of sp³-hybridized carbons (Fsp3) is 0.154. The van der Waals surface area contributed by atoms with Gasteiger partial charge in [0.1, 0.15) is 0 Å². The van der Waals surface area contributed by atoms with E-state index >= 15 is 0 Å². The van der Waals surface area contributed by atoms with Gasteiger partial charge in [0.25, 0.3) is 11.6 Å². The molecule has 0 aliphatic carbocycles. The molecule has 0 fully saturated rings. The molecule has 0 bridgehead atoms. The van der Waals surface area contributed by atoms with Gasteiger partial charge in [0.05, 0.1) is 16.7 Å². The number of nitro benzene ring substituents is 1. The van der Waals surface area contributed by atoms with Crippen LogP contribution in [0.5, 0.6) is 0 Å². The summed E-state index contributed by atoms with van der Waals surface area (Å²) in [6.45, 7) is 1.68. The van der Waals surface area contributed by atoms with Crippen LogP contribution in [0.4, 0.5) is 5.69 Å². The molecule has 0 saturated heterocycles. The maximum atomic E-state index is 11.0. The van der Waals surface area contributed by atoms with Gasteiger partial charge >= 0.3 is 0 Å². The molecule has 2 aromatic heterocycles. The molecular formula is C13H11N5O3. The maximum Gasteiger partial charge on any atom is 0.273 e. The molecule has 1 aromatic carbocycles. The smallest absolute Gasteiger partial charge is 0.273 e. The molecule has 106 valence electrons. The number of hydrogen-bond acceptors (Lipinski definition) is 6. The molecule has 0 unspecified atom stereocenters. The number of nitro groups is 1. The Morgan fingerprint density at radius 1 is 1.33 bits per heavy atom. The SMILES string of the molecule is Cc1ccc(-c2nc(-c3cnn(C)c3)no2)cc1[N+](=O)[O-]. The van der Waals surface area contributed by atoms with Gasteiger partial charge < -0.3 is 4.52 Å². The minimum absolute atomic E-state index is 0.0219. The average molecular weight is 285 g/mol. The van der Waals surface area contributed by atoms with E-state index in [-0.39, 0.29) is 11.6 Å². The van der Waals surface area contributed by atoms with Gasteiger partial charge in [-0.3, -0.25) is 14.8 Å². The molecule has 3 aromatic rings. The lowest BCUT2D eigenvalue weighted by Gasteiger charge is -1.98. The van der Waals surface area contributed by atoms with Crippen molar-refractivity contribution >= 4 is 5.69 Å². The highest BCUT2D eigenvalue weighted by molar-refractivity contribution is 5.62. The number of nitrogens with zero attached hydrogens (tertiary/aromatic N) is 5. The molecule has 0 aliphatic heterocycles. The molecule has 0 atom stereocenters. The van der Waals surface area contributed by atoms with Crippen LogP contribution in [0.15, 0.2) is 35.1 Å². The Kier molecular flexibility index (Phi) is 2.98. The van der Waals surface area contributed by atoms with Gasteiger partial charge in [0, 0.05) is 30.4 Å². The zero-order valence-corrected chi connectivity index (χ0v) is 11.3. The predicted molar refractivity (Wildman–Crippen MR) is 73.3 cm³/mol. The van der Waals surface area contributed by atoms with Crippen LogP contribution in [-0.2, 0) is 7.05 Å². The van der Waals surface area contributed by atoms with E-state index < -0.39 is 4.92 Å². The lowest BCUT2D eigenvalue weighted by atomic mass is 10.1. The van der Waals surface area contributed by atoms with Crippen molar-refractivity contribution in [1.82, 2.24) is 19.9 Å². The van der Waals surface area contributed by atoms with Gasteiger partial charge in [-0.05, 0) is 13.0 Å². The Balaban J connectivity index is 2.00. The van der Waals surface area contributed by atoms with Crippen LogP contribution >= 0.6 is 0 Å². The first kappa shape index (κ1) is 13.0. The normalized spacial score (nSPS) is 10.8. The summed E-state index contributed by atoms with van der Waals surface area (Å²) in [5.74, 6) is 0.623. The van der Waals surface area contributed by atoms with Crippen molar-refractivity contribution in [3.05, 3.63) is 46.3 Å². The highest BCUT2D eigenvalue weighted by Gasteiger charge is 2.16. The van der Waals surface area contributed by atoms with Crippen LogP contribution in [-0.4, -0.2) is 24.8 Å². The summed E-state index contributed by atoms with van der Waals surface area (Å²) < 4.78 is 6.80. The fourth-order valence-electron chi connectivity index (χ4n) is 1.93. The van der Waals surface area contributed by atoms with Crippen LogP contribution in [0.1, 0.15) is 5.56 Å². The van der Waals surface area contributed by atoms with Gasteiger partial charge in [0.15, 0.2) is 0 Å².